The van der Waals surface area contributed by atoms with E-state index in [1.54, 1.807) is 29.8 Å². The smallest absolute Gasteiger partial charge is 0.252 e. The first-order valence-corrected chi connectivity index (χ1v) is 14.9. The molecule has 8 nitrogen and oxygen atoms in total. The Morgan fingerprint density at radius 3 is 2.42 bits per heavy atom. The van der Waals surface area contributed by atoms with E-state index in [1.165, 1.54) is 12.1 Å². The number of benzene rings is 1. The third kappa shape index (κ3) is 5.04. The van der Waals surface area contributed by atoms with Gasteiger partial charge in [-0.15, -0.1) is 0 Å². The molecule has 2 N–H and O–H groups in total. The maximum Gasteiger partial charge on any atom is 0.252 e. The Morgan fingerprint density at radius 2 is 1.76 bits per heavy atom. The highest BCUT2D eigenvalue weighted by molar-refractivity contribution is 8.24. The molecule has 202 valence electrons. The minimum Gasteiger partial charge on any atom is -0.364 e. The molecule has 3 atom stereocenters. The second kappa shape index (κ2) is 10.3. The summed E-state index contributed by atoms with van der Waals surface area (Å²) >= 11 is 0. The Balaban J connectivity index is 1.50. The summed E-state index contributed by atoms with van der Waals surface area (Å²) in [6.45, 7) is 5.62. The lowest BCUT2D eigenvalue weighted by Gasteiger charge is -2.51. The molecule has 1 unspecified atom stereocenters. The van der Waals surface area contributed by atoms with Gasteiger partial charge < -0.3 is 9.47 Å². The molecule has 4 heterocycles. The summed E-state index contributed by atoms with van der Waals surface area (Å²) in [5, 5.41) is 9.44. The Bertz CT molecular complexity index is 1430. The van der Waals surface area contributed by atoms with E-state index in [2.05, 4.69) is 34.7 Å². The number of anilines is 1. The van der Waals surface area contributed by atoms with E-state index in [-0.39, 0.29) is 35.4 Å². The van der Waals surface area contributed by atoms with Crippen LogP contribution in [0.15, 0.2) is 47.3 Å². The summed E-state index contributed by atoms with van der Waals surface area (Å²) < 4.78 is 35.8. The molecule has 38 heavy (non-hydrogen) atoms. The maximum atomic E-state index is 13.8. The SMILES string of the molecule is C[C@@H]1CN(c2cc(=O)n(C)c3ccc(C#N)nc23)[C@@H](C)CN1C(c1ccc(F)cc1)C1CCS(O)(O)CC1. The highest BCUT2D eigenvalue weighted by Crippen LogP contribution is 2.50. The number of aryl methyl sites for hydroxylation is 1. The molecule has 2 fully saturated rings. The summed E-state index contributed by atoms with van der Waals surface area (Å²) in [5.74, 6) is 0.723. The average Bonchev–Trinajstić information content (AvgIpc) is 2.89. The van der Waals surface area contributed by atoms with Crippen LogP contribution in [0.25, 0.3) is 11.0 Å². The topological polar surface area (TPSA) is 106 Å². The van der Waals surface area contributed by atoms with Gasteiger partial charge in [0.1, 0.15) is 23.1 Å². The van der Waals surface area contributed by atoms with Gasteiger partial charge in [0, 0.05) is 55.8 Å². The Labute approximate surface area is 223 Å². The molecular weight excluding hydrogens is 505 g/mol. The molecule has 5 rings (SSSR count). The molecule has 2 saturated heterocycles. The quantitative estimate of drug-likeness (QED) is 0.493. The van der Waals surface area contributed by atoms with E-state index < -0.39 is 10.6 Å². The summed E-state index contributed by atoms with van der Waals surface area (Å²) in [4.78, 5) is 22.1. The molecule has 0 amide bonds. The normalized spacial score (nSPS) is 24.2. The molecule has 10 heteroatoms. The van der Waals surface area contributed by atoms with Gasteiger partial charge in [-0.1, -0.05) is 12.1 Å². The number of pyridine rings is 2. The minimum atomic E-state index is -2.52. The van der Waals surface area contributed by atoms with Crippen LogP contribution in [-0.2, 0) is 7.05 Å². The molecule has 0 radical (unpaired) electrons. The van der Waals surface area contributed by atoms with Gasteiger partial charge in [-0.2, -0.15) is 15.9 Å². The van der Waals surface area contributed by atoms with Crippen molar-refractivity contribution in [3.63, 3.8) is 0 Å². The van der Waals surface area contributed by atoms with Crippen molar-refractivity contribution < 1.29 is 13.5 Å². The zero-order chi connectivity index (χ0) is 27.2. The molecule has 2 aromatic heterocycles. The summed E-state index contributed by atoms with van der Waals surface area (Å²) in [5.41, 5.74) is 3.24. The number of fused-ring (bicyclic) bond motifs is 1. The highest BCUT2D eigenvalue weighted by atomic mass is 32.3. The predicted octanol–water partition coefficient (Wildman–Crippen LogP) is 4.75. The zero-order valence-electron chi connectivity index (χ0n) is 21.9. The number of piperazine rings is 1. The van der Waals surface area contributed by atoms with Crippen LogP contribution in [0.2, 0.25) is 0 Å². The van der Waals surface area contributed by atoms with E-state index in [0.29, 0.717) is 54.2 Å². The van der Waals surface area contributed by atoms with Crippen molar-refractivity contribution in [1.82, 2.24) is 14.5 Å². The Kier molecular flexibility index (Phi) is 7.22. The van der Waals surface area contributed by atoms with Gasteiger partial charge >= 0.3 is 0 Å². The van der Waals surface area contributed by atoms with Crippen molar-refractivity contribution in [3.05, 3.63) is 69.9 Å². The molecule has 0 saturated carbocycles. The van der Waals surface area contributed by atoms with Crippen LogP contribution in [0.5, 0.6) is 0 Å². The monoisotopic (exact) mass is 539 g/mol. The van der Waals surface area contributed by atoms with Crippen molar-refractivity contribution >= 4 is 27.3 Å². The number of hydrogen-bond acceptors (Lipinski definition) is 7. The Morgan fingerprint density at radius 1 is 1.08 bits per heavy atom. The van der Waals surface area contributed by atoms with Crippen molar-refractivity contribution in [1.29, 1.82) is 5.26 Å². The van der Waals surface area contributed by atoms with E-state index in [9.17, 15) is 23.6 Å². The lowest BCUT2D eigenvalue weighted by Crippen LogP contribution is -2.58. The van der Waals surface area contributed by atoms with E-state index >= 15 is 0 Å². The fourth-order valence-corrected chi connectivity index (χ4v) is 7.67. The first-order chi connectivity index (χ1) is 18.1. The van der Waals surface area contributed by atoms with Crippen molar-refractivity contribution in [2.45, 2.75) is 44.8 Å². The van der Waals surface area contributed by atoms with E-state index in [1.807, 2.05) is 12.1 Å². The molecule has 0 bridgehead atoms. The summed E-state index contributed by atoms with van der Waals surface area (Å²) in [6.07, 6.45) is 1.40. The molecule has 2 aliphatic heterocycles. The van der Waals surface area contributed by atoms with Crippen molar-refractivity contribution in [3.8, 4) is 6.07 Å². The van der Waals surface area contributed by atoms with Crippen molar-refractivity contribution in [2.75, 3.05) is 29.5 Å². The largest absolute Gasteiger partial charge is 0.364 e. The number of aromatic nitrogens is 2. The van der Waals surface area contributed by atoms with Crippen LogP contribution >= 0.6 is 10.6 Å². The van der Waals surface area contributed by atoms with Gasteiger partial charge in [0.25, 0.3) is 5.56 Å². The van der Waals surface area contributed by atoms with Gasteiger partial charge in [-0.3, -0.25) is 18.8 Å². The fraction of sp³-hybridized carbons (Fsp3) is 0.464. The van der Waals surface area contributed by atoms with Crippen LogP contribution in [0.4, 0.5) is 10.1 Å². The van der Waals surface area contributed by atoms with Crippen LogP contribution in [0.1, 0.15) is 44.0 Å². The van der Waals surface area contributed by atoms with Gasteiger partial charge in [0.2, 0.25) is 0 Å². The van der Waals surface area contributed by atoms with Crippen LogP contribution in [0.3, 0.4) is 0 Å². The first kappa shape index (κ1) is 26.6. The second-order valence-corrected chi connectivity index (χ2v) is 13.1. The number of rotatable bonds is 4. The van der Waals surface area contributed by atoms with Crippen molar-refractivity contribution in [2.24, 2.45) is 13.0 Å². The van der Waals surface area contributed by atoms with Gasteiger partial charge in [-0.25, -0.2) is 9.37 Å². The maximum absolute atomic E-state index is 13.8. The number of hydrogen-bond donors (Lipinski definition) is 2. The number of nitriles is 1. The standard InChI is InChI=1S/C28H34FN5O3S/c1-18-17-34(28(20-4-6-22(29)7-5-20)21-10-12-38(36,37)13-11-21)19(2)16-33(18)25-14-26(35)32(3)24-9-8-23(15-30)31-27(24)25/h4-9,14,18-19,21,28,36-37H,10-13,16-17H2,1-3H3/t18-,19+,28?/m0/s1. The van der Waals surface area contributed by atoms with Crippen LogP contribution < -0.4 is 10.5 Å². The molecular formula is C28H34FN5O3S. The third-order valence-electron chi connectivity index (χ3n) is 8.17. The molecule has 3 aromatic rings. The summed E-state index contributed by atoms with van der Waals surface area (Å²) in [7, 11) is -0.813. The lowest BCUT2D eigenvalue weighted by atomic mass is 9.85. The van der Waals surface area contributed by atoms with Gasteiger partial charge in [0.05, 0.1) is 11.2 Å². The van der Waals surface area contributed by atoms with Gasteiger partial charge in [-0.05, 0) is 62.4 Å². The molecule has 0 aliphatic carbocycles. The van der Waals surface area contributed by atoms with E-state index in [0.717, 1.165) is 11.3 Å². The van der Waals surface area contributed by atoms with Crippen LogP contribution in [0, 0.1) is 23.1 Å². The molecule has 2 aliphatic rings. The highest BCUT2D eigenvalue weighted by Gasteiger charge is 2.40. The fourth-order valence-electron chi connectivity index (χ4n) is 6.11. The Hall–Kier alpha value is -2.97. The number of nitrogens with zero attached hydrogens (tertiary/aromatic N) is 5. The summed E-state index contributed by atoms with van der Waals surface area (Å²) in [6, 6.07) is 13.9. The second-order valence-electron chi connectivity index (χ2n) is 10.7. The average molecular weight is 540 g/mol. The predicted molar refractivity (Wildman–Crippen MR) is 149 cm³/mol. The molecule has 1 aromatic carbocycles. The van der Waals surface area contributed by atoms with E-state index in [4.69, 9.17) is 0 Å². The number of halogens is 1. The molecule has 0 spiro atoms. The van der Waals surface area contributed by atoms with Gasteiger partial charge in [0.15, 0.2) is 0 Å². The minimum absolute atomic E-state index is 0.00871. The zero-order valence-corrected chi connectivity index (χ0v) is 22.7. The first-order valence-electron chi connectivity index (χ1n) is 13.0. The van der Waals surface area contributed by atoms with Crippen LogP contribution in [-0.4, -0.2) is 60.2 Å². The lowest BCUT2D eigenvalue weighted by molar-refractivity contribution is 0.0682. The third-order valence-corrected chi connectivity index (χ3v) is 9.95.